The molecule has 0 saturated heterocycles. The van der Waals surface area contributed by atoms with Crippen molar-refractivity contribution >= 4 is 0 Å². The van der Waals surface area contributed by atoms with E-state index in [9.17, 15) is 0 Å². The molecular weight excluding hydrogens is 246 g/mol. The summed E-state index contributed by atoms with van der Waals surface area (Å²) >= 11 is 0. The van der Waals surface area contributed by atoms with Gasteiger partial charge in [-0.2, -0.15) is 0 Å². The quantitative estimate of drug-likeness (QED) is 0.799. The number of hydrogen-bond acceptors (Lipinski definition) is 2. The minimum absolute atomic E-state index is 0.346. The summed E-state index contributed by atoms with van der Waals surface area (Å²) in [5.74, 6) is 0.955. The van der Waals surface area contributed by atoms with E-state index < -0.39 is 0 Å². The predicted octanol–water partition coefficient (Wildman–Crippen LogP) is 4.03. The van der Waals surface area contributed by atoms with Crippen LogP contribution in [0.2, 0.25) is 0 Å². The minimum Gasteiger partial charge on any atom is -0.492 e. The standard InChI is InChI=1S/C18H23NO/c1-14-11-15(2)13-18(12-14)20-10-9-19-16(3)17-7-5-4-6-8-17/h4-8,11-13,16,19H,9-10H2,1-3H3. The summed E-state index contributed by atoms with van der Waals surface area (Å²) in [6.45, 7) is 7.88. The second-order valence-corrected chi connectivity index (χ2v) is 5.26. The third kappa shape index (κ3) is 4.39. The van der Waals surface area contributed by atoms with Crippen LogP contribution in [0.1, 0.15) is 29.7 Å². The van der Waals surface area contributed by atoms with Crippen LogP contribution in [0, 0.1) is 13.8 Å². The van der Waals surface area contributed by atoms with Crippen LogP contribution in [0.25, 0.3) is 0 Å². The van der Waals surface area contributed by atoms with E-state index in [0.717, 1.165) is 12.3 Å². The zero-order chi connectivity index (χ0) is 14.4. The minimum atomic E-state index is 0.346. The average molecular weight is 269 g/mol. The maximum Gasteiger partial charge on any atom is 0.119 e. The van der Waals surface area contributed by atoms with Crippen LogP contribution in [0.15, 0.2) is 48.5 Å². The Bertz CT molecular complexity index is 516. The zero-order valence-corrected chi connectivity index (χ0v) is 12.5. The van der Waals surface area contributed by atoms with Crippen LogP contribution < -0.4 is 10.1 Å². The van der Waals surface area contributed by atoms with Gasteiger partial charge in [-0.05, 0) is 49.6 Å². The largest absolute Gasteiger partial charge is 0.492 e. The molecule has 2 aromatic carbocycles. The summed E-state index contributed by atoms with van der Waals surface area (Å²) in [4.78, 5) is 0. The van der Waals surface area contributed by atoms with Gasteiger partial charge in [0.05, 0.1) is 0 Å². The normalized spacial score (nSPS) is 12.2. The molecule has 0 spiro atoms. The number of rotatable bonds is 6. The van der Waals surface area contributed by atoms with Gasteiger partial charge in [0, 0.05) is 12.6 Å². The lowest BCUT2D eigenvalue weighted by molar-refractivity contribution is 0.307. The van der Waals surface area contributed by atoms with Crippen LogP contribution >= 0.6 is 0 Å². The van der Waals surface area contributed by atoms with E-state index >= 15 is 0 Å². The summed E-state index contributed by atoms with van der Waals surface area (Å²) in [5.41, 5.74) is 3.79. The summed E-state index contributed by atoms with van der Waals surface area (Å²) < 4.78 is 5.79. The van der Waals surface area contributed by atoms with E-state index in [4.69, 9.17) is 4.74 Å². The van der Waals surface area contributed by atoms with Gasteiger partial charge in [0.1, 0.15) is 12.4 Å². The number of aryl methyl sites for hydroxylation is 2. The summed E-state index contributed by atoms with van der Waals surface area (Å²) in [7, 11) is 0. The summed E-state index contributed by atoms with van der Waals surface area (Å²) in [6.07, 6.45) is 0. The van der Waals surface area contributed by atoms with Crippen LogP contribution in [0.4, 0.5) is 0 Å². The molecule has 0 fully saturated rings. The molecule has 0 aromatic heterocycles. The second kappa shape index (κ2) is 7.11. The fraction of sp³-hybridized carbons (Fsp3) is 0.333. The Hall–Kier alpha value is -1.80. The van der Waals surface area contributed by atoms with Crippen molar-refractivity contribution in [2.75, 3.05) is 13.2 Å². The highest BCUT2D eigenvalue weighted by Crippen LogP contribution is 2.16. The van der Waals surface area contributed by atoms with Crippen molar-refractivity contribution in [1.82, 2.24) is 5.32 Å². The first-order valence-corrected chi connectivity index (χ1v) is 7.14. The van der Waals surface area contributed by atoms with E-state index in [1.54, 1.807) is 0 Å². The van der Waals surface area contributed by atoms with E-state index in [0.29, 0.717) is 12.6 Å². The number of hydrogen-bond donors (Lipinski definition) is 1. The Morgan fingerprint density at radius 3 is 2.30 bits per heavy atom. The highest BCUT2D eigenvalue weighted by Gasteiger charge is 2.03. The molecule has 0 radical (unpaired) electrons. The first kappa shape index (κ1) is 14.6. The zero-order valence-electron chi connectivity index (χ0n) is 12.5. The number of nitrogens with one attached hydrogen (secondary N) is 1. The molecule has 0 saturated carbocycles. The fourth-order valence-electron chi connectivity index (χ4n) is 2.32. The smallest absolute Gasteiger partial charge is 0.119 e. The Morgan fingerprint density at radius 1 is 1.00 bits per heavy atom. The maximum atomic E-state index is 5.79. The second-order valence-electron chi connectivity index (χ2n) is 5.26. The van der Waals surface area contributed by atoms with Crippen molar-refractivity contribution in [3.8, 4) is 5.75 Å². The van der Waals surface area contributed by atoms with Crippen molar-refractivity contribution in [1.29, 1.82) is 0 Å². The molecule has 0 aliphatic rings. The van der Waals surface area contributed by atoms with Crippen molar-refractivity contribution < 1.29 is 4.74 Å². The molecule has 1 atom stereocenters. The molecule has 0 heterocycles. The lowest BCUT2D eigenvalue weighted by Crippen LogP contribution is -2.24. The van der Waals surface area contributed by atoms with Gasteiger partial charge in [-0.25, -0.2) is 0 Å². The van der Waals surface area contributed by atoms with Crippen molar-refractivity contribution in [3.63, 3.8) is 0 Å². The van der Waals surface area contributed by atoms with Crippen molar-refractivity contribution in [3.05, 3.63) is 65.2 Å². The molecule has 2 rings (SSSR count). The predicted molar refractivity (Wildman–Crippen MR) is 84.3 cm³/mol. The molecule has 0 aliphatic heterocycles. The van der Waals surface area contributed by atoms with Gasteiger partial charge in [0.2, 0.25) is 0 Å². The molecule has 2 heteroatoms. The third-order valence-electron chi connectivity index (χ3n) is 3.32. The molecule has 1 unspecified atom stereocenters. The van der Waals surface area contributed by atoms with Gasteiger partial charge in [-0.3, -0.25) is 0 Å². The SMILES string of the molecule is Cc1cc(C)cc(OCCNC(C)c2ccccc2)c1. The van der Waals surface area contributed by atoms with Crippen molar-refractivity contribution in [2.45, 2.75) is 26.8 Å². The topological polar surface area (TPSA) is 21.3 Å². The summed E-state index contributed by atoms with van der Waals surface area (Å²) in [6, 6.07) is 17.1. The third-order valence-corrected chi connectivity index (χ3v) is 3.32. The lowest BCUT2D eigenvalue weighted by Gasteiger charge is -2.15. The monoisotopic (exact) mass is 269 g/mol. The molecule has 2 aromatic rings. The van der Waals surface area contributed by atoms with Crippen LogP contribution in [-0.4, -0.2) is 13.2 Å². The molecular formula is C18H23NO. The van der Waals surface area contributed by atoms with Crippen LogP contribution in [-0.2, 0) is 0 Å². The van der Waals surface area contributed by atoms with Crippen molar-refractivity contribution in [2.24, 2.45) is 0 Å². The fourth-order valence-corrected chi connectivity index (χ4v) is 2.32. The number of benzene rings is 2. The van der Waals surface area contributed by atoms with E-state index in [2.05, 4.69) is 68.6 Å². The lowest BCUT2D eigenvalue weighted by atomic mass is 10.1. The Morgan fingerprint density at radius 2 is 1.65 bits per heavy atom. The van der Waals surface area contributed by atoms with Gasteiger partial charge in [-0.15, -0.1) is 0 Å². The molecule has 0 amide bonds. The summed E-state index contributed by atoms with van der Waals surface area (Å²) in [5, 5.41) is 3.47. The van der Waals surface area contributed by atoms with Gasteiger partial charge < -0.3 is 10.1 Å². The van der Waals surface area contributed by atoms with Gasteiger partial charge in [0.25, 0.3) is 0 Å². The average Bonchev–Trinajstić information content (AvgIpc) is 2.43. The highest BCUT2D eigenvalue weighted by atomic mass is 16.5. The van der Waals surface area contributed by atoms with E-state index in [1.807, 2.05) is 6.07 Å². The Balaban J connectivity index is 1.76. The maximum absolute atomic E-state index is 5.79. The first-order valence-electron chi connectivity index (χ1n) is 7.14. The van der Waals surface area contributed by atoms with Crippen LogP contribution in [0.5, 0.6) is 5.75 Å². The molecule has 1 N–H and O–H groups in total. The Labute approximate surface area is 121 Å². The highest BCUT2D eigenvalue weighted by molar-refractivity contribution is 5.32. The van der Waals surface area contributed by atoms with Gasteiger partial charge in [-0.1, -0.05) is 36.4 Å². The molecule has 106 valence electrons. The first-order chi connectivity index (χ1) is 9.65. The van der Waals surface area contributed by atoms with Crippen LogP contribution in [0.3, 0.4) is 0 Å². The Kier molecular flexibility index (Phi) is 5.19. The van der Waals surface area contributed by atoms with E-state index in [-0.39, 0.29) is 0 Å². The molecule has 0 bridgehead atoms. The number of ether oxygens (including phenoxy) is 1. The van der Waals surface area contributed by atoms with E-state index in [1.165, 1.54) is 16.7 Å². The molecule has 20 heavy (non-hydrogen) atoms. The molecule has 0 aliphatic carbocycles. The van der Waals surface area contributed by atoms with Gasteiger partial charge >= 0.3 is 0 Å². The van der Waals surface area contributed by atoms with Gasteiger partial charge in [0.15, 0.2) is 0 Å². The molecule has 2 nitrogen and oxygen atoms in total.